The molecule has 1 aliphatic heterocycles. The number of nitrogens with zero attached hydrogens (tertiary/aromatic N) is 3. The van der Waals surface area contributed by atoms with Crippen molar-refractivity contribution in [2.24, 2.45) is 0 Å². The summed E-state index contributed by atoms with van der Waals surface area (Å²) in [5.41, 5.74) is 1.39. The van der Waals surface area contributed by atoms with Crippen LogP contribution in [0.4, 0.5) is 0 Å². The van der Waals surface area contributed by atoms with Gasteiger partial charge in [0.1, 0.15) is 17.4 Å². The van der Waals surface area contributed by atoms with Crippen molar-refractivity contribution >= 4 is 40.5 Å². The van der Waals surface area contributed by atoms with Crippen molar-refractivity contribution in [3.8, 4) is 0 Å². The number of carbonyl (C=O) groups excluding carboxylic acids is 1. The Labute approximate surface area is 195 Å². The first-order chi connectivity index (χ1) is 14.9. The third kappa shape index (κ3) is 5.35. The quantitative estimate of drug-likeness (QED) is 0.531. The maximum atomic E-state index is 13.6. The Morgan fingerprint density at radius 3 is 2.55 bits per heavy atom. The molecule has 31 heavy (non-hydrogen) atoms. The van der Waals surface area contributed by atoms with Crippen LogP contribution in [0.1, 0.15) is 38.8 Å². The van der Waals surface area contributed by atoms with Crippen molar-refractivity contribution in [1.29, 1.82) is 0 Å². The van der Waals surface area contributed by atoms with E-state index in [0.29, 0.717) is 38.4 Å². The first-order valence-electron chi connectivity index (χ1n) is 10.1. The second-order valence-corrected chi connectivity index (χ2v) is 9.51. The van der Waals surface area contributed by atoms with Crippen molar-refractivity contribution in [2.45, 2.75) is 50.6 Å². The molecule has 0 aliphatic carbocycles. The fraction of sp³-hybridized carbons (Fsp3) is 0.364. The largest absolute Gasteiger partial charge is 0.588 e. The monoisotopic (exact) mass is 481 g/mol. The molecule has 0 saturated carbocycles. The van der Waals surface area contributed by atoms with E-state index in [9.17, 15) is 14.5 Å². The van der Waals surface area contributed by atoms with Gasteiger partial charge >= 0.3 is 0 Å². The number of aliphatic hydroxyl groups excluding tert-OH is 1. The molecule has 2 atom stereocenters. The molecule has 1 aliphatic rings. The molecule has 1 aromatic carbocycles. The SMILES string of the molecule is CCCCC1C(CO)=C(N(Cc2ccccn2)C(C)=O)N1[S+]([O-])c1cc(Cl)cc(Cl)c1. The van der Waals surface area contributed by atoms with Crippen LogP contribution in [0.25, 0.3) is 0 Å². The van der Waals surface area contributed by atoms with Crippen LogP contribution in [0.15, 0.2) is 58.9 Å². The zero-order valence-corrected chi connectivity index (χ0v) is 19.8. The number of aromatic nitrogens is 1. The highest BCUT2D eigenvalue weighted by molar-refractivity contribution is 7.89. The third-order valence-electron chi connectivity index (χ3n) is 5.08. The second kappa shape index (κ2) is 10.7. The van der Waals surface area contributed by atoms with Crippen LogP contribution in [-0.2, 0) is 22.7 Å². The summed E-state index contributed by atoms with van der Waals surface area (Å²) in [6, 6.07) is 10.0. The first kappa shape index (κ1) is 23.9. The van der Waals surface area contributed by atoms with E-state index in [0.717, 1.165) is 12.8 Å². The second-order valence-electron chi connectivity index (χ2n) is 7.27. The molecule has 0 radical (unpaired) electrons. The van der Waals surface area contributed by atoms with Crippen LogP contribution in [0.5, 0.6) is 0 Å². The van der Waals surface area contributed by atoms with E-state index < -0.39 is 11.4 Å². The molecule has 1 amide bonds. The van der Waals surface area contributed by atoms with Gasteiger partial charge in [-0.1, -0.05) is 49.0 Å². The van der Waals surface area contributed by atoms with Gasteiger partial charge in [-0.15, -0.1) is 0 Å². The number of carbonyl (C=O) groups is 1. The molecule has 2 aromatic rings. The minimum absolute atomic E-state index is 0.208. The minimum Gasteiger partial charge on any atom is -0.588 e. The fourth-order valence-corrected chi connectivity index (χ4v) is 5.77. The van der Waals surface area contributed by atoms with Gasteiger partial charge in [0.2, 0.25) is 5.91 Å². The standard InChI is InChI=1S/C22H25Cl2N3O3S/c1-3-4-8-21-20(14-28)22(26(15(2)29)13-18-7-5-6-9-25-18)27(21)31(30)19-11-16(23)10-17(24)12-19/h5-7,9-12,21,28H,3-4,8,13-14H2,1-2H3. The lowest BCUT2D eigenvalue weighted by atomic mass is 9.94. The Morgan fingerprint density at radius 1 is 1.29 bits per heavy atom. The first-order valence-corrected chi connectivity index (χ1v) is 11.9. The van der Waals surface area contributed by atoms with Gasteiger partial charge in [0, 0.05) is 40.9 Å². The Balaban J connectivity index is 2.02. The van der Waals surface area contributed by atoms with E-state index >= 15 is 0 Å². The van der Waals surface area contributed by atoms with Crippen LogP contribution < -0.4 is 0 Å². The zero-order chi connectivity index (χ0) is 22.5. The Bertz CT molecular complexity index is 938. The zero-order valence-electron chi connectivity index (χ0n) is 17.4. The predicted molar refractivity (Wildman–Crippen MR) is 123 cm³/mol. The summed E-state index contributed by atoms with van der Waals surface area (Å²) in [6.45, 7) is 3.50. The summed E-state index contributed by atoms with van der Waals surface area (Å²) in [4.78, 5) is 18.9. The Hall–Kier alpha value is -1.77. The van der Waals surface area contributed by atoms with Crippen LogP contribution in [0.2, 0.25) is 10.0 Å². The molecule has 1 N–H and O–H groups in total. The van der Waals surface area contributed by atoms with Gasteiger partial charge in [0.15, 0.2) is 10.7 Å². The van der Waals surface area contributed by atoms with Gasteiger partial charge in [-0.2, -0.15) is 4.31 Å². The van der Waals surface area contributed by atoms with E-state index in [1.165, 1.54) is 11.8 Å². The molecule has 2 unspecified atom stereocenters. The highest BCUT2D eigenvalue weighted by Gasteiger charge is 2.48. The molecule has 6 nitrogen and oxygen atoms in total. The van der Waals surface area contributed by atoms with E-state index in [1.807, 2.05) is 12.1 Å². The van der Waals surface area contributed by atoms with Crippen LogP contribution in [0.3, 0.4) is 0 Å². The van der Waals surface area contributed by atoms with Crippen LogP contribution >= 0.6 is 23.2 Å². The highest BCUT2D eigenvalue weighted by atomic mass is 35.5. The molecular formula is C22H25Cl2N3O3S. The molecular weight excluding hydrogens is 457 g/mol. The normalized spacial score (nSPS) is 16.8. The average Bonchev–Trinajstić information content (AvgIpc) is 2.72. The van der Waals surface area contributed by atoms with E-state index in [2.05, 4.69) is 11.9 Å². The van der Waals surface area contributed by atoms with Gasteiger partial charge < -0.3 is 9.66 Å². The minimum atomic E-state index is -1.66. The van der Waals surface area contributed by atoms with Crippen LogP contribution in [-0.4, -0.2) is 42.4 Å². The molecule has 9 heteroatoms. The highest BCUT2D eigenvalue weighted by Crippen LogP contribution is 2.42. The summed E-state index contributed by atoms with van der Waals surface area (Å²) >= 11 is 10.6. The van der Waals surface area contributed by atoms with E-state index in [4.69, 9.17) is 23.2 Å². The Morgan fingerprint density at radius 2 is 2.00 bits per heavy atom. The van der Waals surface area contributed by atoms with Gasteiger partial charge in [-0.3, -0.25) is 14.7 Å². The molecule has 2 heterocycles. The number of unbranched alkanes of at least 4 members (excludes halogenated alkanes) is 1. The van der Waals surface area contributed by atoms with Gasteiger partial charge in [-0.25, -0.2) is 0 Å². The van der Waals surface area contributed by atoms with Crippen LogP contribution in [0, 0.1) is 0 Å². The molecule has 0 spiro atoms. The van der Waals surface area contributed by atoms with Crippen molar-refractivity contribution in [2.75, 3.05) is 6.61 Å². The van der Waals surface area contributed by atoms with E-state index in [1.54, 1.807) is 34.8 Å². The summed E-state index contributed by atoms with van der Waals surface area (Å²) in [5, 5.41) is 10.9. The molecule has 166 valence electrons. The fourth-order valence-electron chi connectivity index (χ4n) is 3.60. The summed E-state index contributed by atoms with van der Waals surface area (Å²) in [7, 11) is 0. The van der Waals surface area contributed by atoms with Crippen molar-refractivity contribution in [1.82, 2.24) is 14.2 Å². The maximum Gasteiger partial charge on any atom is 0.225 e. The third-order valence-corrected chi connectivity index (χ3v) is 6.94. The topological polar surface area (TPSA) is 79.7 Å². The lowest BCUT2D eigenvalue weighted by molar-refractivity contribution is -0.129. The summed E-state index contributed by atoms with van der Waals surface area (Å²) < 4.78 is 15.3. The predicted octanol–water partition coefficient (Wildman–Crippen LogP) is 4.54. The Kier molecular flexibility index (Phi) is 8.24. The molecule has 3 rings (SSSR count). The van der Waals surface area contributed by atoms with Crippen molar-refractivity contribution in [3.05, 3.63) is 69.7 Å². The number of halogens is 2. The van der Waals surface area contributed by atoms with Gasteiger partial charge in [0.25, 0.3) is 0 Å². The van der Waals surface area contributed by atoms with Crippen molar-refractivity contribution in [3.63, 3.8) is 0 Å². The molecule has 0 saturated heterocycles. The number of aliphatic hydroxyl groups is 1. The summed E-state index contributed by atoms with van der Waals surface area (Å²) in [6.07, 6.45) is 4.22. The number of benzene rings is 1. The maximum absolute atomic E-state index is 13.6. The summed E-state index contributed by atoms with van der Waals surface area (Å²) in [5.74, 6) is 0.225. The smallest absolute Gasteiger partial charge is 0.225 e. The lowest BCUT2D eigenvalue weighted by Crippen LogP contribution is -2.56. The molecule has 0 bridgehead atoms. The molecule has 1 aromatic heterocycles. The average molecular weight is 482 g/mol. The number of hydrogen-bond donors (Lipinski definition) is 1. The van der Waals surface area contributed by atoms with Gasteiger partial charge in [0.05, 0.1) is 18.8 Å². The van der Waals surface area contributed by atoms with Crippen molar-refractivity contribution < 1.29 is 14.5 Å². The number of rotatable bonds is 9. The van der Waals surface area contributed by atoms with Gasteiger partial charge in [-0.05, 0) is 24.6 Å². The lowest BCUT2D eigenvalue weighted by Gasteiger charge is -2.47. The number of amides is 1. The number of pyridine rings is 1. The number of hydrogen-bond acceptors (Lipinski definition) is 5. The van der Waals surface area contributed by atoms with E-state index in [-0.39, 0.29) is 25.1 Å². The molecule has 0 fully saturated rings.